The van der Waals surface area contributed by atoms with Crippen LogP contribution in [0.1, 0.15) is 79.6 Å². The highest BCUT2D eigenvalue weighted by molar-refractivity contribution is 5.87. The van der Waals surface area contributed by atoms with Crippen molar-refractivity contribution in [3.63, 3.8) is 0 Å². The van der Waals surface area contributed by atoms with Gasteiger partial charge in [-0.1, -0.05) is 62.8 Å². The molecule has 0 amide bonds. The number of Topliss-reactive ketones (excluding diaryl/α,β-unsaturated/α-hetero) is 1. The molecule has 0 aliphatic carbocycles. The summed E-state index contributed by atoms with van der Waals surface area (Å²) >= 11 is 0. The molecule has 2 aliphatic rings. The Hall–Kier alpha value is -2.10. The number of ketones is 1. The van der Waals surface area contributed by atoms with E-state index in [0.717, 1.165) is 30.4 Å². The number of fused-ring (bicyclic) bond motifs is 1. The van der Waals surface area contributed by atoms with Crippen LogP contribution < -0.4 is 0 Å². The van der Waals surface area contributed by atoms with Gasteiger partial charge in [0.1, 0.15) is 18.3 Å². The number of cyclic esters (lactones) is 1. The first-order valence-corrected chi connectivity index (χ1v) is 14.6. The standard InChI is InChI=1S/C32H50O8/c1-19-12-20(2)14-29-28(40-29)11-9-7-8-10-21(3)32(38)39-26(18-33)16-24(6)30(36)31(37)27(35)17-25(34)15-23(5)22(4)13-19/h9-11,13,20,23-26,28-31,33-34,36-37H,1,7-8,12,14-18H2,2-6H3/b11-9+,21-10+,22-13+/t20?,23-,24?,25?,26?,28-,29-,30+,31?/m0/s1. The molecule has 8 heteroatoms. The van der Waals surface area contributed by atoms with Gasteiger partial charge in [0.2, 0.25) is 0 Å². The molecule has 2 rings (SSSR count). The number of esters is 1. The van der Waals surface area contributed by atoms with Gasteiger partial charge < -0.3 is 29.9 Å². The second-order valence-electron chi connectivity index (χ2n) is 11.9. The zero-order valence-electron chi connectivity index (χ0n) is 24.8. The van der Waals surface area contributed by atoms with Crippen molar-refractivity contribution in [1.82, 2.24) is 0 Å². The Morgan fingerprint density at radius 1 is 1.00 bits per heavy atom. The van der Waals surface area contributed by atoms with Crippen LogP contribution in [0.25, 0.3) is 0 Å². The molecule has 9 atom stereocenters. The lowest BCUT2D eigenvalue weighted by Gasteiger charge is -2.27. The predicted molar refractivity (Wildman–Crippen MR) is 154 cm³/mol. The van der Waals surface area contributed by atoms with Crippen molar-refractivity contribution in [2.75, 3.05) is 6.61 Å². The fourth-order valence-electron chi connectivity index (χ4n) is 5.17. The van der Waals surface area contributed by atoms with Gasteiger partial charge in [-0.2, -0.15) is 0 Å². The van der Waals surface area contributed by atoms with Gasteiger partial charge >= 0.3 is 5.97 Å². The first-order valence-electron chi connectivity index (χ1n) is 14.6. The largest absolute Gasteiger partial charge is 0.457 e. The monoisotopic (exact) mass is 562 g/mol. The maximum absolute atomic E-state index is 12.6. The third-order valence-corrected chi connectivity index (χ3v) is 7.92. The van der Waals surface area contributed by atoms with Gasteiger partial charge in [0, 0.05) is 12.0 Å². The average Bonchev–Trinajstić information content (AvgIpc) is 3.62. The quantitative estimate of drug-likeness (QED) is 0.214. The fourth-order valence-corrected chi connectivity index (χ4v) is 5.17. The van der Waals surface area contributed by atoms with E-state index in [9.17, 15) is 30.0 Å². The second-order valence-corrected chi connectivity index (χ2v) is 11.9. The lowest BCUT2D eigenvalue weighted by atomic mass is 9.88. The van der Waals surface area contributed by atoms with Crippen LogP contribution >= 0.6 is 0 Å². The van der Waals surface area contributed by atoms with E-state index in [2.05, 4.69) is 25.7 Å². The topological polar surface area (TPSA) is 137 Å². The molecule has 0 bridgehead atoms. The van der Waals surface area contributed by atoms with Crippen molar-refractivity contribution in [3.8, 4) is 0 Å². The Kier molecular flexibility index (Phi) is 14.0. The number of aliphatic hydroxyl groups excluding tert-OH is 4. The van der Waals surface area contributed by atoms with Crippen molar-refractivity contribution < 1.29 is 39.5 Å². The van der Waals surface area contributed by atoms with Crippen molar-refractivity contribution >= 4 is 11.8 Å². The van der Waals surface area contributed by atoms with Crippen LogP contribution in [0.3, 0.4) is 0 Å². The average molecular weight is 563 g/mol. The van der Waals surface area contributed by atoms with Crippen LogP contribution in [0.2, 0.25) is 0 Å². The van der Waals surface area contributed by atoms with Crippen molar-refractivity contribution in [2.24, 2.45) is 17.8 Å². The number of ether oxygens (including phenoxy) is 2. The molecule has 8 nitrogen and oxygen atoms in total. The maximum atomic E-state index is 12.6. The molecule has 2 heterocycles. The molecule has 2 aliphatic heterocycles. The van der Waals surface area contributed by atoms with E-state index < -0.39 is 48.7 Å². The molecule has 1 fully saturated rings. The number of allylic oxidation sites excluding steroid dienone is 5. The molecule has 0 aromatic heterocycles. The maximum Gasteiger partial charge on any atom is 0.333 e. The number of hydrogen-bond acceptors (Lipinski definition) is 8. The number of hydrogen-bond donors (Lipinski definition) is 4. The molecule has 4 N–H and O–H groups in total. The van der Waals surface area contributed by atoms with Crippen LogP contribution in [0.4, 0.5) is 0 Å². The van der Waals surface area contributed by atoms with Gasteiger partial charge in [-0.3, -0.25) is 4.79 Å². The highest BCUT2D eigenvalue weighted by atomic mass is 16.6. The summed E-state index contributed by atoms with van der Waals surface area (Å²) in [5, 5.41) is 41.3. The molecule has 0 saturated carbocycles. The van der Waals surface area contributed by atoms with E-state index >= 15 is 0 Å². The molecular weight excluding hydrogens is 512 g/mol. The summed E-state index contributed by atoms with van der Waals surface area (Å²) in [6.07, 6.45) is 6.52. The summed E-state index contributed by atoms with van der Waals surface area (Å²) in [5.41, 5.74) is 2.47. The summed E-state index contributed by atoms with van der Waals surface area (Å²) in [6, 6.07) is 0. The smallest absolute Gasteiger partial charge is 0.333 e. The number of aliphatic hydroxyl groups is 4. The number of carbonyl (C=O) groups excluding carboxylic acids is 2. The van der Waals surface area contributed by atoms with Crippen molar-refractivity contribution in [2.45, 2.75) is 116 Å². The fraction of sp³-hybridized carbons (Fsp3) is 0.688. The van der Waals surface area contributed by atoms with Gasteiger partial charge in [-0.25, -0.2) is 4.79 Å². The van der Waals surface area contributed by atoms with E-state index in [1.54, 1.807) is 19.9 Å². The minimum atomic E-state index is -1.70. The number of epoxide rings is 1. The van der Waals surface area contributed by atoms with E-state index in [1.807, 2.05) is 19.9 Å². The zero-order valence-corrected chi connectivity index (χ0v) is 24.8. The third-order valence-electron chi connectivity index (χ3n) is 7.92. The van der Waals surface area contributed by atoms with Gasteiger partial charge in [-0.05, 0) is 70.1 Å². The molecule has 0 aromatic rings. The lowest BCUT2D eigenvalue weighted by Crippen LogP contribution is -2.41. The number of carbonyl (C=O) groups is 2. The van der Waals surface area contributed by atoms with Gasteiger partial charge in [0.25, 0.3) is 0 Å². The van der Waals surface area contributed by atoms with E-state index in [4.69, 9.17) is 9.47 Å². The molecule has 40 heavy (non-hydrogen) atoms. The van der Waals surface area contributed by atoms with E-state index in [-0.39, 0.29) is 31.0 Å². The van der Waals surface area contributed by atoms with E-state index in [0.29, 0.717) is 24.3 Å². The molecule has 0 aromatic carbocycles. The van der Waals surface area contributed by atoms with Crippen LogP contribution in [-0.4, -0.2) is 75.4 Å². The van der Waals surface area contributed by atoms with Crippen LogP contribution in [0.5, 0.6) is 0 Å². The Labute approximate surface area is 239 Å². The third kappa shape index (κ3) is 11.4. The second kappa shape index (κ2) is 16.4. The van der Waals surface area contributed by atoms with Crippen molar-refractivity contribution in [3.05, 3.63) is 47.6 Å². The van der Waals surface area contributed by atoms with Crippen LogP contribution in [0.15, 0.2) is 47.6 Å². The molecular formula is C32H50O8. The highest BCUT2D eigenvalue weighted by Gasteiger charge is 2.37. The summed E-state index contributed by atoms with van der Waals surface area (Å²) in [4.78, 5) is 25.1. The zero-order chi connectivity index (χ0) is 30.0. The minimum Gasteiger partial charge on any atom is -0.457 e. The SMILES string of the molecule is C=C1/C=C(\C)[C@@H](C)CC(O)CC(=O)C(O)[C@H](O)C(C)CC(CO)OC(=O)/C(C)=C/CC/C=C/[C@@H]2O[C@H]2CC(C)C1. The molecule has 1 saturated heterocycles. The minimum absolute atomic E-state index is 0.00630. The van der Waals surface area contributed by atoms with Gasteiger partial charge in [0.05, 0.1) is 24.9 Å². The van der Waals surface area contributed by atoms with Gasteiger partial charge in [0.15, 0.2) is 5.78 Å². The van der Waals surface area contributed by atoms with Gasteiger partial charge in [-0.15, -0.1) is 0 Å². The first kappa shape index (κ1) is 34.1. The predicted octanol–water partition coefficient (Wildman–Crippen LogP) is 3.97. The molecule has 0 radical (unpaired) electrons. The van der Waals surface area contributed by atoms with Crippen molar-refractivity contribution in [1.29, 1.82) is 0 Å². The summed E-state index contributed by atoms with van der Waals surface area (Å²) in [7, 11) is 0. The summed E-state index contributed by atoms with van der Waals surface area (Å²) in [5.74, 6) is -1.49. The molecule has 5 unspecified atom stereocenters. The van der Waals surface area contributed by atoms with Crippen LogP contribution in [-0.2, 0) is 19.1 Å². The number of rotatable bonds is 1. The Morgan fingerprint density at radius 3 is 2.38 bits per heavy atom. The highest BCUT2D eigenvalue weighted by Crippen LogP contribution is 2.32. The molecule has 0 spiro atoms. The normalized spacial score (nSPS) is 40.1. The lowest BCUT2D eigenvalue weighted by molar-refractivity contribution is -0.149. The van der Waals surface area contributed by atoms with E-state index in [1.165, 1.54) is 0 Å². The Balaban J connectivity index is 2.13. The Morgan fingerprint density at radius 2 is 1.70 bits per heavy atom. The summed E-state index contributed by atoms with van der Waals surface area (Å²) in [6.45, 7) is 13.1. The molecule has 226 valence electrons. The Bertz CT molecular complexity index is 951. The van der Waals surface area contributed by atoms with Crippen LogP contribution in [0, 0.1) is 17.8 Å². The summed E-state index contributed by atoms with van der Waals surface area (Å²) < 4.78 is 11.2. The first-order chi connectivity index (χ1) is 18.8.